The molecule has 2 rings (SSSR count). The zero-order valence-corrected chi connectivity index (χ0v) is 11.6. The Labute approximate surface area is 114 Å². The fourth-order valence-corrected chi connectivity index (χ4v) is 2.82. The number of hydrogen-bond acceptors (Lipinski definition) is 3. The van der Waals surface area contributed by atoms with E-state index in [2.05, 4.69) is 11.8 Å². The molecule has 1 unspecified atom stereocenters. The third-order valence-corrected chi connectivity index (χ3v) is 3.85. The quantitative estimate of drug-likeness (QED) is 0.887. The summed E-state index contributed by atoms with van der Waals surface area (Å²) in [6.45, 7) is 4.13. The van der Waals surface area contributed by atoms with Crippen LogP contribution in [0.25, 0.3) is 0 Å². The van der Waals surface area contributed by atoms with Crippen LogP contribution in [0.2, 0.25) is 0 Å². The van der Waals surface area contributed by atoms with E-state index in [1.54, 1.807) is 12.1 Å². The monoisotopic (exact) mass is 263 g/mol. The van der Waals surface area contributed by atoms with Crippen LogP contribution in [-0.2, 0) is 6.54 Å². The average Bonchev–Trinajstić information content (AvgIpc) is 2.85. The summed E-state index contributed by atoms with van der Waals surface area (Å²) in [6.07, 6.45) is 3.64. The molecule has 0 saturated carbocycles. The zero-order chi connectivity index (χ0) is 13.8. The van der Waals surface area contributed by atoms with Crippen LogP contribution in [0.1, 0.15) is 42.1 Å². The van der Waals surface area contributed by atoms with Crippen molar-refractivity contribution >= 4 is 5.97 Å². The van der Waals surface area contributed by atoms with E-state index < -0.39 is 5.97 Å². The third-order valence-electron chi connectivity index (χ3n) is 3.85. The highest BCUT2D eigenvalue weighted by atomic mass is 16.5. The van der Waals surface area contributed by atoms with E-state index in [0.29, 0.717) is 11.8 Å². The normalized spacial score (nSPS) is 19.6. The first-order valence-corrected chi connectivity index (χ1v) is 6.80. The lowest BCUT2D eigenvalue weighted by Gasteiger charge is -2.23. The first-order valence-electron chi connectivity index (χ1n) is 6.80. The molecule has 1 aromatic rings. The van der Waals surface area contributed by atoms with Crippen LogP contribution >= 0.6 is 0 Å². The van der Waals surface area contributed by atoms with E-state index in [1.165, 1.54) is 20.0 Å². The molecule has 0 aliphatic carbocycles. The number of methoxy groups -OCH3 is 1. The largest absolute Gasteiger partial charge is 0.496 e. The SMILES string of the molecule is CCC1CCCN1Cc1ccc(OC)c(C(=O)O)c1. The molecule has 1 heterocycles. The van der Waals surface area contributed by atoms with Gasteiger partial charge < -0.3 is 9.84 Å². The molecule has 19 heavy (non-hydrogen) atoms. The van der Waals surface area contributed by atoms with Gasteiger partial charge in [-0.15, -0.1) is 0 Å². The minimum absolute atomic E-state index is 0.243. The van der Waals surface area contributed by atoms with Crippen LogP contribution in [0, 0.1) is 0 Å². The molecule has 0 spiro atoms. The molecule has 1 fully saturated rings. The molecule has 4 nitrogen and oxygen atoms in total. The Morgan fingerprint density at radius 1 is 1.53 bits per heavy atom. The summed E-state index contributed by atoms with van der Waals surface area (Å²) >= 11 is 0. The summed E-state index contributed by atoms with van der Waals surface area (Å²) in [6, 6.07) is 6.06. The maximum atomic E-state index is 11.2. The second-order valence-corrected chi connectivity index (χ2v) is 5.01. The molecule has 0 bridgehead atoms. The van der Waals surface area contributed by atoms with Gasteiger partial charge in [-0.25, -0.2) is 4.79 Å². The number of rotatable bonds is 5. The number of carboxylic acid groups (broad SMARTS) is 1. The first kappa shape index (κ1) is 13.9. The Kier molecular flexibility index (Phi) is 4.43. The maximum absolute atomic E-state index is 11.2. The molecule has 0 amide bonds. The van der Waals surface area contributed by atoms with Gasteiger partial charge in [0.1, 0.15) is 11.3 Å². The predicted octanol–water partition coefficient (Wildman–Crippen LogP) is 2.77. The Bertz CT molecular complexity index is 459. The molecule has 1 aliphatic rings. The van der Waals surface area contributed by atoms with Crippen molar-refractivity contribution in [1.82, 2.24) is 4.90 Å². The number of carboxylic acids is 1. The van der Waals surface area contributed by atoms with Crippen molar-refractivity contribution in [3.05, 3.63) is 29.3 Å². The fraction of sp³-hybridized carbons (Fsp3) is 0.533. The van der Waals surface area contributed by atoms with E-state index in [4.69, 9.17) is 4.74 Å². The second kappa shape index (κ2) is 6.06. The van der Waals surface area contributed by atoms with E-state index in [-0.39, 0.29) is 5.56 Å². The number of likely N-dealkylation sites (tertiary alicyclic amines) is 1. The van der Waals surface area contributed by atoms with Gasteiger partial charge in [0.05, 0.1) is 7.11 Å². The zero-order valence-electron chi connectivity index (χ0n) is 11.6. The smallest absolute Gasteiger partial charge is 0.339 e. The maximum Gasteiger partial charge on any atom is 0.339 e. The summed E-state index contributed by atoms with van der Waals surface area (Å²) in [4.78, 5) is 13.6. The van der Waals surface area contributed by atoms with Gasteiger partial charge in [-0.2, -0.15) is 0 Å². The Morgan fingerprint density at radius 3 is 2.95 bits per heavy atom. The molecule has 1 aliphatic heterocycles. The summed E-state index contributed by atoms with van der Waals surface area (Å²) in [5.74, 6) is -0.517. The summed E-state index contributed by atoms with van der Waals surface area (Å²) in [5, 5.41) is 9.19. The molecule has 1 saturated heterocycles. The lowest BCUT2D eigenvalue weighted by Crippen LogP contribution is -2.28. The Balaban J connectivity index is 2.17. The van der Waals surface area contributed by atoms with Gasteiger partial charge in [0.25, 0.3) is 0 Å². The molecule has 0 aromatic heterocycles. The number of hydrogen-bond donors (Lipinski definition) is 1. The second-order valence-electron chi connectivity index (χ2n) is 5.01. The van der Waals surface area contributed by atoms with Gasteiger partial charge in [0.2, 0.25) is 0 Å². The van der Waals surface area contributed by atoms with E-state index in [0.717, 1.165) is 25.1 Å². The van der Waals surface area contributed by atoms with E-state index >= 15 is 0 Å². The molecule has 4 heteroatoms. The van der Waals surface area contributed by atoms with Crippen molar-refractivity contribution in [3.8, 4) is 5.75 Å². The Hall–Kier alpha value is -1.55. The van der Waals surface area contributed by atoms with Crippen LogP contribution in [0.5, 0.6) is 5.75 Å². The molecule has 0 radical (unpaired) electrons. The molecule has 1 atom stereocenters. The van der Waals surface area contributed by atoms with Gasteiger partial charge in [-0.1, -0.05) is 13.0 Å². The molecular weight excluding hydrogens is 242 g/mol. The number of aromatic carboxylic acids is 1. The lowest BCUT2D eigenvalue weighted by atomic mass is 10.1. The number of carbonyl (C=O) groups is 1. The van der Waals surface area contributed by atoms with Gasteiger partial charge >= 0.3 is 5.97 Å². The first-order chi connectivity index (χ1) is 9.15. The van der Waals surface area contributed by atoms with Crippen LogP contribution in [0.3, 0.4) is 0 Å². The van der Waals surface area contributed by atoms with Crippen LogP contribution in [-0.4, -0.2) is 35.7 Å². The van der Waals surface area contributed by atoms with E-state index in [1.807, 2.05) is 6.07 Å². The topological polar surface area (TPSA) is 49.8 Å². The van der Waals surface area contributed by atoms with Crippen LogP contribution in [0.15, 0.2) is 18.2 Å². The van der Waals surface area contributed by atoms with Crippen molar-refractivity contribution in [2.75, 3.05) is 13.7 Å². The Morgan fingerprint density at radius 2 is 2.32 bits per heavy atom. The van der Waals surface area contributed by atoms with Crippen molar-refractivity contribution in [2.24, 2.45) is 0 Å². The number of benzene rings is 1. The van der Waals surface area contributed by atoms with E-state index in [9.17, 15) is 9.90 Å². The highest BCUT2D eigenvalue weighted by Crippen LogP contribution is 2.25. The highest BCUT2D eigenvalue weighted by Gasteiger charge is 2.23. The van der Waals surface area contributed by atoms with Crippen molar-refractivity contribution < 1.29 is 14.6 Å². The van der Waals surface area contributed by atoms with Crippen molar-refractivity contribution in [3.63, 3.8) is 0 Å². The summed E-state index contributed by atoms with van der Waals surface area (Å²) in [7, 11) is 1.50. The average molecular weight is 263 g/mol. The fourth-order valence-electron chi connectivity index (χ4n) is 2.82. The van der Waals surface area contributed by atoms with Gasteiger partial charge in [-0.05, 0) is 43.5 Å². The minimum atomic E-state index is -0.938. The molecule has 1 aromatic carbocycles. The van der Waals surface area contributed by atoms with Gasteiger partial charge in [0, 0.05) is 12.6 Å². The summed E-state index contributed by atoms with van der Waals surface area (Å²) in [5.41, 5.74) is 1.28. The lowest BCUT2D eigenvalue weighted by molar-refractivity contribution is 0.0693. The molecular formula is C15H21NO3. The van der Waals surface area contributed by atoms with Crippen LogP contribution < -0.4 is 4.74 Å². The standard InChI is InChI=1S/C15H21NO3/c1-3-12-5-4-8-16(12)10-11-6-7-14(19-2)13(9-11)15(17)18/h6-7,9,12H,3-5,8,10H2,1-2H3,(H,17,18). The van der Waals surface area contributed by atoms with Gasteiger partial charge in [-0.3, -0.25) is 4.90 Å². The van der Waals surface area contributed by atoms with Crippen molar-refractivity contribution in [2.45, 2.75) is 38.8 Å². The predicted molar refractivity (Wildman–Crippen MR) is 73.7 cm³/mol. The van der Waals surface area contributed by atoms with Gasteiger partial charge in [0.15, 0.2) is 0 Å². The highest BCUT2D eigenvalue weighted by molar-refractivity contribution is 5.91. The molecule has 1 N–H and O–H groups in total. The number of nitrogens with zero attached hydrogens (tertiary/aromatic N) is 1. The third kappa shape index (κ3) is 3.07. The summed E-state index contributed by atoms with van der Waals surface area (Å²) < 4.78 is 5.08. The number of ether oxygens (including phenoxy) is 1. The van der Waals surface area contributed by atoms with Crippen molar-refractivity contribution in [1.29, 1.82) is 0 Å². The van der Waals surface area contributed by atoms with Crippen LogP contribution in [0.4, 0.5) is 0 Å². The minimum Gasteiger partial charge on any atom is -0.496 e. The molecule has 104 valence electrons.